The molecule has 3 aliphatic heterocycles. The van der Waals surface area contributed by atoms with Crippen LogP contribution in [-0.2, 0) is 0 Å². The number of carbonyl (C=O) groups excluding carboxylic acids is 1. The topological polar surface area (TPSA) is 44.8 Å². The highest BCUT2D eigenvalue weighted by molar-refractivity contribution is 5.96. The van der Waals surface area contributed by atoms with Gasteiger partial charge < -0.3 is 19.9 Å². The summed E-state index contributed by atoms with van der Waals surface area (Å²) in [6.45, 7) is 5.44. The molecule has 2 fully saturated rings. The number of hydrogen-bond donors (Lipinski definition) is 1. The summed E-state index contributed by atoms with van der Waals surface area (Å²) in [5.41, 5.74) is 2.90. The molecular formula is C24H29N3O2. The van der Waals surface area contributed by atoms with E-state index in [1.165, 1.54) is 12.8 Å². The van der Waals surface area contributed by atoms with Gasteiger partial charge in [0.15, 0.2) is 11.5 Å². The molecule has 0 saturated carbocycles. The second-order valence-electron chi connectivity index (χ2n) is 8.36. The predicted octanol–water partition coefficient (Wildman–Crippen LogP) is 4.70. The second kappa shape index (κ2) is 7.38. The highest BCUT2D eigenvalue weighted by Crippen LogP contribution is 2.50. The van der Waals surface area contributed by atoms with Gasteiger partial charge in [-0.15, -0.1) is 0 Å². The number of rotatable bonds is 4. The monoisotopic (exact) mass is 391 g/mol. The molecule has 2 saturated heterocycles. The molecule has 2 bridgehead atoms. The average molecular weight is 392 g/mol. The quantitative estimate of drug-likeness (QED) is 0.821. The molecule has 152 valence electrons. The Kier molecular flexibility index (Phi) is 4.70. The maximum Gasteiger partial charge on any atom is 0.253 e. The van der Waals surface area contributed by atoms with Gasteiger partial charge in [0.2, 0.25) is 0 Å². The van der Waals surface area contributed by atoms with E-state index in [9.17, 15) is 4.79 Å². The SMILES string of the molecule is CCN(CC)C(=O)c1ccc2c(c1)Oc1ccccc1N2C1CC2CCC(C1)N2. The first kappa shape index (κ1) is 18.5. The molecule has 5 rings (SSSR count). The molecule has 5 heteroatoms. The zero-order chi connectivity index (χ0) is 20.0. The van der Waals surface area contributed by atoms with E-state index in [-0.39, 0.29) is 5.91 Å². The lowest BCUT2D eigenvalue weighted by Gasteiger charge is -2.42. The Morgan fingerprint density at radius 1 is 1.03 bits per heavy atom. The number of carbonyl (C=O) groups is 1. The van der Waals surface area contributed by atoms with Gasteiger partial charge in [0.1, 0.15) is 0 Å². The number of anilines is 2. The molecule has 1 N–H and O–H groups in total. The number of benzene rings is 2. The van der Waals surface area contributed by atoms with Crippen LogP contribution in [0.4, 0.5) is 11.4 Å². The fourth-order valence-corrected chi connectivity index (χ4v) is 5.24. The van der Waals surface area contributed by atoms with Crippen molar-refractivity contribution in [2.75, 3.05) is 18.0 Å². The van der Waals surface area contributed by atoms with Gasteiger partial charge in [-0.3, -0.25) is 4.79 Å². The fraction of sp³-hybridized carbons (Fsp3) is 0.458. The smallest absolute Gasteiger partial charge is 0.253 e. The highest BCUT2D eigenvalue weighted by Gasteiger charge is 2.39. The van der Waals surface area contributed by atoms with Crippen LogP contribution in [0.15, 0.2) is 42.5 Å². The largest absolute Gasteiger partial charge is 0.453 e. The van der Waals surface area contributed by atoms with Gasteiger partial charge in [0.25, 0.3) is 5.91 Å². The van der Waals surface area contributed by atoms with Crippen LogP contribution in [0.1, 0.15) is 49.9 Å². The molecule has 1 amide bonds. The van der Waals surface area contributed by atoms with E-state index in [0.717, 1.165) is 35.7 Å². The van der Waals surface area contributed by atoms with Crippen molar-refractivity contribution in [3.63, 3.8) is 0 Å². The summed E-state index contributed by atoms with van der Waals surface area (Å²) >= 11 is 0. The molecular weight excluding hydrogens is 362 g/mol. The van der Waals surface area contributed by atoms with Crippen molar-refractivity contribution in [3.05, 3.63) is 48.0 Å². The van der Waals surface area contributed by atoms with Crippen molar-refractivity contribution in [1.29, 1.82) is 0 Å². The summed E-state index contributed by atoms with van der Waals surface area (Å²) in [5, 5.41) is 3.75. The van der Waals surface area contributed by atoms with Gasteiger partial charge in [0.05, 0.1) is 11.4 Å². The number of fused-ring (bicyclic) bond motifs is 4. The van der Waals surface area contributed by atoms with E-state index < -0.39 is 0 Å². The van der Waals surface area contributed by atoms with Crippen LogP contribution in [-0.4, -0.2) is 42.0 Å². The zero-order valence-corrected chi connectivity index (χ0v) is 17.2. The Balaban J connectivity index is 1.54. The van der Waals surface area contributed by atoms with Gasteiger partial charge >= 0.3 is 0 Å². The number of nitrogens with one attached hydrogen (secondary N) is 1. The number of piperidine rings is 1. The third-order valence-electron chi connectivity index (χ3n) is 6.67. The number of para-hydroxylation sites is 2. The summed E-state index contributed by atoms with van der Waals surface area (Å²) in [7, 11) is 0. The normalized spacial score (nSPS) is 24.5. The van der Waals surface area contributed by atoms with Crippen molar-refractivity contribution in [1.82, 2.24) is 10.2 Å². The van der Waals surface area contributed by atoms with Gasteiger partial charge in [-0.25, -0.2) is 0 Å². The highest BCUT2D eigenvalue weighted by atomic mass is 16.5. The number of hydrogen-bond acceptors (Lipinski definition) is 4. The number of nitrogens with zero attached hydrogens (tertiary/aromatic N) is 2. The lowest BCUT2D eigenvalue weighted by molar-refractivity contribution is 0.0772. The van der Waals surface area contributed by atoms with Gasteiger partial charge in [-0.1, -0.05) is 12.1 Å². The maximum absolute atomic E-state index is 12.9. The molecule has 3 heterocycles. The summed E-state index contributed by atoms with van der Waals surface area (Å²) in [5.74, 6) is 1.72. The van der Waals surface area contributed by atoms with Crippen LogP contribution in [0.25, 0.3) is 0 Å². The van der Waals surface area contributed by atoms with Crippen molar-refractivity contribution in [2.24, 2.45) is 0 Å². The molecule has 2 atom stereocenters. The molecule has 0 spiro atoms. The standard InChI is InChI=1S/C24H29N3O2/c1-3-26(4-2)24(28)16-9-12-21-23(13-16)29-22-8-6-5-7-20(22)27(21)19-14-17-10-11-18(15-19)25-17/h5-9,12-13,17-19,25H,3-4,10-11,14-15H2,1-2H3. The Labute approximate surface area is 172 Å². The summed E-state index contributed by atoms with van der Waals surface area (Å²) in [6.07, 6.45) is 4.84. The Morgan fingerprint density at radius 3 is 2.45 bits per heavy atom. The van der Waals surface area contributed by atoms with Crippen LogP contribution < -0.4 is 15.0 Å². The van der Waals surface area contributed by atoms with Crippen molar-refractivity contribution < 1.29 is 9.53 Å². The van der Waals surface area contributed by atoms with Gasteiger partial charge in [0, 0.05) is 36.8 Å². The van der Waals surface area contributed by atoms with Crippen molar-refractivity contribution in [2.45, 2.75) is 57.7 Å². The molecule has 2 aromatic rings. The molecule has 3 aliphatic rings. The van der Waals surface area contributed by atoms with Crippen LogP contribution in [0.5, 0.6) is 11.5 Å². The zero-order valence-electron chi connectivity index (χ0n) is 17.2. The first-order chi connectivity index (χ1) is 14.2. The van der Waals surface area contributed by atoms with E-state index in [1.807, 2.05) is 43.0 Å². The third kappa shape index (κ3) is 3.18. The Hall–Kier alpha value is -2.53. The van der Waals surface area contributed by atoms with Crippen LogP contribution >= 0.6 is 0 Å². The van der Waals surface area contributed by atoms with Crippen molar-refractivity contribution >= 4 is 17.3 Å². The molecule has 2 unspecified atom stereocenters. The average Bonchev–Trinajstić information content (AvgIpc) is 3.09. The van der Waals surface area contributed by atoms with E-state index >= 15 is 0 Å². The first-order valence-electron chi connectivity index (χ1n) is 10.9. The van der Waals surface area contributed by atoms with Crippen LogP contribution in [0, 0.1) is 0 Å². The van der Waals surface area contributed by atoms with Gasteiger partial charge in [-0.05, 0) is 69.9 Å². The number of amides is 1. The summed E-state index contributed by atoms with van der Waals surface area (Å²) < 4.78 is 6.28. The fourth-order valence-electron chi connectivity index (χ4n) is 5.24. The minimum absolute atomic E-state index is 0.0618. The summed E-state index contributed by atoms with van der Waals surface area (Å²) in [6, 6.07) is 15.9. The predicted molar refractivity (Wildman–Crippen MR) is 115 cm³/mol. The lowest BCUT2D eigenvalue weighted by Crippen LogP contribution is -2.47. The first-order valence-corrected chi connectivity index (χ1v) is 10.9. The molecule has 5 nitrogen and oxygen atoms in total. The van der Waals surface area contributed by atoms with E-state index in [1.54, 1.807) is 0 Å². The van der Waals surface area contributed by atoms with E-state index in [0.29, 0.717) is 36.8 Å². The van der Waals surface area contributed by atoms with Crippen LogP contribution in [0.3, 0.4) is 0 Å². The van der Waals surface area contributed by atoms with E-state index in [4.69, 9.17) is 4.74 Å². The van der Waals surface area contributed by atoms with Gasteiger partial charge in [-0.2, -0.15) is 0 Å². The summed E-state index contributed by atoms with van der Waals surface area (Å²) in [4.78, 5) is 17.2. The minimum atomic E-state index is 0.0618. The third-order valence-corrected chi connectivity index (χ3v) is 6.67. The van der Waals surface area contributed by atoms with Crippen LogP contribution in [0.2, 0.25) is 0 Å². The number of ether oxygens (including phenoxy) is 1. The molecule has 2 aromatic carbocycles. The Bertz CT molecular complexity index is 912. The van der Waals surface area contributed by atoms with Crippen molar-refractivity contribution in [3.8, 4) is 11.5 Å². The Morgan fingerprint density at radius 2 is 1.72 bits per heavy atom. The maximum atomic E-state index is 12.9. The molecule has 0 aromatic heterocycles. The van der Waals surface area contributed by atoms with E-state index in [2.05, 4.69) is 28.4 Å². The molecule has 29 heavy (non-hydrogen) atoms. The second-order valence-corrected chi connectivity index (χ2v) is 8.36. The lowest BCUT2D eigenvalue weighted by atomic mass is 9.95. The minimum Gasteiger partial charge on any atom is -0.453 e. The molecule has 0 radical (unpaired) electrons. The molecule has 0 aliphatic carbocycles.